The van der Waals surface area contributed by atoms with Gasteiger partial charge in [0.2, 0.25) is 0 Å². The molecule has 0 bridgehead atoms. The summed E-state index contributed by atoms with van der Waals surface area (Å²) < 4.78 is 26.5. The van der Waals surface area contributed by atoms with Gasteiger partial charge in [-0.3, -0.25) is 9.59 Å². The number of hydrogen-bond donors (Lipinski definition) is 1. The van der Waals surface area contributed by atoms with Gasteiger partial charge in [0.1, 0.15) is 11.6 Å². The van der Waals surface area contributed by atoms with E-state index < -0.39 is 11.6 Å². The van der Waals surface area contributed by atoms with Gasteiger partial charge in [-0.15, -0.1) is 0 Å². The smallest absolute Gasteiger partial charge is 0.259 e. The number of carbonyl (C=O) groups is 2. The van der Waals surface area contributed by atoms with Crippen LogP contribution in [-0.2, 0) is 6.42 Å². The molecule has 0 saturated carbocycles. The fourth-order valence-electron chi connectivity index (χ4n) is 3.56. The molecule has 2 amide bonds. The van der Waals surface area contributed by atoms with Crippen LogP contribution in [0.2, 0.25) is 5.02 Å². The lowest BCUT2D eigenvalue weighted by molar-refractivity contribution is 0.0984. The van der Waals surface area contributed by atoms with Crippen molar-refractivity contribution in [2.75, 3.05) is 16.8 Å². The van der Waals surface area contributed by atoms with E-state index in [-0.39, 0.29) is 22.4 Å². The third-order valence-electron chi connectivity index (χ3n) is 5.01. The molecular weight excluding hydrogens is 410 g/mol. The van der Waals surface area contributed by atoms with Crippen LogP contribution in [0.4, 0.5) is 20.2 Å². The van der Waals surface area contributed by atoms with Gasteiger partial charge in [-0.25, -0.2) is 8.78 Å². The lowest BCUT2D eigenvalue weighted by atomic mass is 9.98. The highest BCUT2D eigenvalue weighted by molar-refractivity contribution is 6.34. The number of halogens is 3. The van der Waals surface area contributed by atoms with E-state index in [1.54, 1.807) is 23.1 Å². The summed E-state index contributed by atoms with van der Waals surface area (Å²) in [5.74, 6) is -1.63. The van der Waals surface area contributed by atoms with Gasteiger partial charge in [-0.05, 0) is 73.0 Å². The van der Waals surface area contributed by atoms with Crippen molar-refractivity contribution in [1.29, 1.82) is 0 Å². The Kier molecular flexibility index (Phi) is 5.50. The molecule has 3 aromatic rings. The molecule has 0 unspecified atom stereocenters. The summed E-state index contributed by atoms with van der Waals surface area (Å²) in [5.41, 5.74) is 2.63. The van der Waals surface area contributed by atoms with Gasteiger partial charge < -0.3 is 10.2 Å². The molecule has 152 valence electrons. The van der Waals surface area contributed by atoms with Gasteiger partial charge in [0.15, 0.2) is 0 Å². The maximum absolute atomic E-state index is 13.4. The summed E-state index contributed by atoms with van der Waals surface area (Å²) >= 11 is 6.08. The molecule has 0 spiro atoms. The predicted octanol–water partition coefficient (Wildman–Crippen LogP) is 5.46. The Bertz CT molecular complexity index is 1130. The van der Waals surface area contributed by atoms with E-state index in [4.69, 9.17) is 11.6 Å². The fraction of sp³-hybridized carbons (Fsp3) is 0.130. The minimum Gasteiger partial charge on any atom is -0.322 e. The molecule has 30 heavy (non-hydrogen) atoms. The summed E-state index contributed by atoms with van der Waals surface area (Å²) in [6.45, 7) is 0.481. The van der Waals surface area contributed by atoms with E-state index in [1.807, 2.05) is 0 Å². The molecule has 4 nitrogen and oxygen atoms in total. The Labute approximate surface area is 177 Å². The average molecular weight is 427 g/mol. The molecule has 0 aliphatic carbocycles. The predicted molar refractivity (Wildman–Crippen MR) is 112 cm³/mol. The van der Waals surface area contributed by atoms with Crippen LogP contribution >= 0.6 is 11.6 Å². The maximum atomic E-state index is 13.4. The summed E-state index contributed by atoms with van der Waals surface area (Å²) in [6.07, 6.45) is 1.37. The molecule has 0 atom stereocenters. The second kappa shape index (κ2) is 8.24. The molecule has 1 N–H and O–H groups in total. The van der Waals surface area contributed by atoms with Crippen LogP contribution in [0.5, 0.6) is 0 Å². The summed E-state index contributed by atoms with van der Waals surface area (Å²) in [4.78, 5) is 27.2. The van der Waals surface area contributed by atoms with Crippen molar-refractivity contribution in [3.8, 4) is 0 Å². The zero-order valence-electron chi connectivity index (χ0n) is 15.8. The van der Waals surface area contributed by atoms with Gasteiger partial charge in [-0.2, -0.15) is 0 Å². The first-order valence-electron chi connectivity index (χ1n) is 9.40. The number of nitrogens with one attached hydrogen (secondary N) is 1. The van der Waals surface area contributed by atoms with Gasteiger partial charge in [0, 0.05) is 23.5 Å². The lowest BCUT2D eigenvalue weighted by Crippen LogP contribution is -2.36. The van der Waals surface area contributed by atoms with Gasteiger partial charge in [0.25, 0.3) is 11.8 Å². The monoisotopic (exact) mass is 426 g/mol. The van der Waals surface area contributed by atoms with Crippen LogP contribution in [-0.4, -0.2) is 18.4 Å². The Balaban J connectivity index is 1.64. The largest absolute Gasteiger partial charge is 0.322 e. The van der Waals surface area contributed by atoms with Crippen LogP contribution < -0.4 is 10.2 Å². The van der Waals surface area contributed by atoms with Crippen molar-refractivity contribution < 1.29 is 18.4 Å². The number of amides is 2. The van der Waals surface area contributed by atoms with Crippen molar-refractivity contribution in [1.82, 2.24) is 0 Å². The number of hydrogen-bond acceptors (Lipinski definition) is 2. The van der Waals surface area contributed by atoms with E-state index in [0.717, 1.165) is 11.6 Å². The van der Waals surface area contributed by atoms with E-state index in [9.17, 15) is 18.4 Å². The second-order valence-corrected chi connectivity index (χ2v) is 7.36. The molecule has 1 aliphatic rings. The van der Waals surface area contributed by atoms with Gasteiger partial charge >= 0.3 is 0 Å². The van der Waals surface area contributed by atoms with Crippen LogP contribution in [0.1, 0.15) is 32.7 Å². The highest BCUT2D eigenvalue weighted by Gasteiger charge is 2.27. The molecule has 4 rings (SSSR count). The quantitative estimate of drug-likeness (QED) is 0.604. The summed E-state index contributed by atoms with van der Waals surface area (Å²) in [5, 5.41) is 2.90. The summed E-state index contributed by atoms with van der Waals surface area (Å²) in [7, 11) is 0. The van der Waals surface area contributed by atoms with Crippen molar-refractivity contribution in [3.63, 3.8) is 0 Å². The molecule has 1 heterocycles. The van der Waals surface area contributed by atoms with Crippen molar-refractivity contribution in [2.45, 2.75) is 12.8 Å². The minimum absolute atomic E-state index is 0.0490. The van der Waals surface area contributed by atoms with Gasteiger partial charge in [0.05, 0.1) is 10.6 Å². The normalized spacial score (nSPS) is 13.0. The molecule has 0 aromatic heterocycles. The molecular formula is C23H17ClF2N2O2. The summed E-state index contributed by atoms with van der Waals surface area (Å²) in [6, 6.07) is 14.3. The van der Waals surface area contributed by atoms with E-state index in [2.05, 4.69) is 5.32 Å². The lowest BCUT2D eigenvalue weighted by Gasteiger charge is -2.31. The van der Waals surface area contributed by atoms with Crippen LogP contribution in [0.3, 0.4) is 0 Å². The fourth-order valence-corrected chi connectivity index (χ4v) is 3.80. The van der Waals surface area contributed by atoms with Crippen molar-refractivity contribution in [3.05, 3.63) is 94.0 Å². The highest BCUT2D eigenvalue weighted by Crippen LogP contribution is 2.34. The van der Waals surface area contributed by atoms with Crippen LogP contribution in [0, 0.1) is 11.6 Å². The SMILES string of the molecule is O=C(Nc1cccc2c1CCCN2C(=O)c1ccc(F)cc1Cl)c1ccc(F)cc1. The molecule has 1 aliphatic heterocycles. The zero-order chi connectivity index (χ0) is 21.3. The zero-order valence-corrected chi connectivity index (χ0v) is 16.5. The maximum Gasteiger partial charge on any atom is 0.259 e. The van der Waals surface area contributed by atoms with Crippen molar-refractivity contribution >= 4 is 34.8 Å². The minimum atomic E-state index is -0.513. The number of carbonyl (C=O) groups excluding carboxylic acids is 2. The number of anilines is 2. The topological polar surface area (TPSA) is 49.4 Å². The first kappa shape index (κ1) is 20.0. The first-order valence-corrected chi connectivity index (χ1v) is 9.77. The third-order valence-corrected chi connectivity index (χ3v) is 5.32. The van der Waals surface area contributed by atoms with E-state index in [0.29, 0.717) is 36.3 Å². The van der Waals surface area contributed by atoms with E-state index in [1.165, 1.54) is 36.4 Å². The average Bonchev–Trinajstić information content (AvgIpc) is 2.73. The molecule has 3 aromatic carbocycles. The van der Waals surface area contributed by atoms with Gasteiger partial charge in [-0.1, -0.05) is 17.7 Å². The standard InChI is InChI=1S/C23H17ClF2N2O2/c24-19-13-16(26)10-11-17(19)23(30)28-12-2-3-18-20(4-1-5-21(18)28)27-22(29)14-6-8-15(25)9-7-14/h1,4-11,13H,2-3,12H2,(H,27,29). The number of nitrogens with zero attached hydrogens (tertiary/aromatic N) is 1. The number of benzene rings is 3. The Morgan fingerprint density at radius 1 is 0.967 bits per heavy atom. The van der Waals surface area contributed by atoms with Crippen LogP contribution in [0.15, 0.2) is 60.7 Å². The number of fused-ring (bicyclic) bond motifs is 1. The molecule has 0 saturated heterocycles. The van der Waals surface area contributed by atoms with Crippen molar-refractivity contribution in [2.24, 2.45) is 0 Å². The molecule has 0 radical (unpaired) electrons. The molecule has 0 fully saturated rings. The van der Waals surface area contributed by atoms with E-state index >= 15 is 0 Å². The third kappa shape index (κ3) is 3.91. The first-order chi connectivity index (χ1) is 14.4. The number of rotatable bonds is 3. The Morgan fingerprint density at radius 3 is 2.43 bits per heavy atom. The molecule has 7 heteroatoms. The Morgan fingerprint density at radius 2 is 1.70 bits per heavy atom. The van der Waals surface area contributed by atoms with Crippen LogP contribution in [0.25, 0.3) is 0 Å². The Hall–Kier alpha value is -3.25. The second-order valence-electron chi connectivity index (χ2n) is 6.95. The highest BCUT2D eigenvalue weighted by atomic mass is 35.5.